The Balaban J connectivity index is 0.00000180. The first-order valence-corrected chi connectivity index (χ1v) is 6.85. The van der Waals surface area contributed by atoms with Crippen molar-refractivity contribution < 1.29 is 9.59 Å². The molecule has 3 atom stereocenters. The molecule has 19 heavy (non-hydrogen) atoms. The van der Waals surface area contributed by atoms with Gasteiger partial charge in [-0.05, 0) is 18.8 Å². The lowest BCUT2D eigenvalue weighted by Gasteiger charge is -2.28. The van der Waals surface area contributed by atoms with E-state index in [9.17, 15) is 9.59 Å². The van der Waals surface area contributed by atoms with Crippen molar-refractivity contribution in [2.75, 3.05) is 13.6 Å². The third-order valence-corrected chi connectivity index (χ3v) is 4.12. The van der Waals surface area contributed by atoms with Gasteiger partial charge in [0.1, 0.15) is 0 Å². The van der Waals surface area contributed by atoms with Crippen molar-refractivity contribution in [3.63, 3.8) is 0 Å². The van der Waals surface area contributed by atoms with Gasteiger partial charge in [0.05, 0.1) is 6.04 Å². The molecule has 0 bridgehead atoms. The lowest BCUT2D eigenvalue weighted by atomic mass is 9.83. The second-order valence-corrected chi connectivity index (χ2v) is 5.66. The van der Waals surface area contributed by atoms with E-state index >= 15 is 0 Å². The van der Waals surface area contributed by atoms with Gasteiger partial charge in [-0.2, -0.15) is 0 Å². The van der Waals surface area contributed by atoms with Gasteiger partial charge in [-0.3, -0.25) is 9.59 Å². The van der Waals surface area contributed by atoms with Crippen LogP contribution < -0.4 is 11.1 Å². The Morgan fingerprint density at radius 2 is 2.11 bits per heavy atom. The average Bonchev–Trinajstić information content (AvgIpc) is 2.61. The molecule has 1 aliphatic carbocycles. The molecule has 2 fully saturated rings. The molecular formula is C13H24ClN3O2. The topological polar surface area (TPSA) is 75.4 Å². The van der Waals surface area contributed by atoms with Gasteiger partial charge in [-0.15, -0.1) is 12.4 Å². The maximum atomic E-state index is 11.9. The predicted molar refractivity (Wildman–Crippen MR) is 76.0 cm³/mol. The lowest BCUT2D eigenvalue weighted by molar-refractivity contribution is -0.126. The molecule has 5 nitrogen and oxygen atoms in total. The Kier molecular flexibility index (Phi) is 6.07. The van der Waals surface area contributed by atoms with E-state index in [2.05, 4.69) is 5.32 Å². The monoisotopic (exact) mass is 289 g/mol. The molecular weight excluding hydrogens is 266 g/mol. The summed E-state index contributed by atoms with van der Waals surface area (Å²) in [7, 11) is 1.77. The zero-order valence-electron chi connectivity index (χ0n) is 11.4. The number of likely N-dealkylation sites (tertiary alicyclic amines) is 1. The van der Waals surface area contributed by atoms with Crippen LogP contribution >= 0.6 is 12.4 Å². The van der Waals surface area contributed by atoms with E-state index in [4.69, 9.17) is 5.73 Å². The molecule has 110 valence electrons. The number of carbonyl (C=O) groups is 2. The summed E-state index contributed by atoms with van der Waals surface area (Å²) < 4.78 is 0. The highest BCUT2D eigenvalue weighted by atomic mass is 35.5. The smallest absolute Gasteiger partial charge is 0.224 e. The first-order valence-electron chi connectivity index (χ1n) is 6.85. The summed E-state index contributed by atoms with van der Waals surface area (Å²) in [6.07, 6.45) is 5.38. The van der Waals surface area contributed by atoms with Crippen LogP contribution in [0.4, 0.5) is 0 Å². The predicted octanol–water partition coefficient (Wildman–Crippen LogP) is 0.663. The average molecular weight is 290 g/mol. The molecule has 2 amide bonds. The fraction of sp³-hybridized carbons (Fsp3) is 0.846. The molecule has 1 saturated heterocycles. The van der Waals surface area contributed by atoms with Gasteiger partial charge in [0.2, 0.25) is 11.8 Å². The highest BCUT2D eigenvalue weighted by Crippen LogP contribution is 2.25. The minimum absolute atomic E-state index is 0. The van der Waals surface area contributed by atoms with Crippen molar-refractivity contribution in [3.05, 3.63) is 0 Å². The number of halogens is 1. The minimum Gasteiger partial charge on any atom is -0.351 e. The standard InChI is InChI=1S/C13H23N3O2.ClH/c1-16-8-10(7-13(16)18)15-12(17)6-9-4-2-3-5-11(9)14;/h9-11H,2-8,14H2,1H3,(H,15,17);1H. The Morgan fingerprint density at radius 3 is 2.68 bits per heavy atom. The SMILES string of the molecule is CN1CC(NC(=O)CC2CCCCC2N)CC1=O.Cl. The fourth-order valence-electron chi connectivity index (χ4n) is 2.97. The molecule has 2 rings (SSSR count). The Bertz CT molecular complexity index is 338. The summed E-state index contributed by atoms with van der Waals surface area (Å²) in [5, 5.41) is 2.95. The fourth-order valence-corrected chi connectivity index (χ4v) is 2.97. The van der Waals surface area contributed by atoms with Crippen LogP contribution in [0, 0.1) is 5.92 Å². The summed E-state index contributed by atoms with van der Waals surface area (Å²) in [5.41, 5.74) is 6.04. The molecule has 0 aromatic rings. The number of nitrogens with one attached hydrogen (secondary N) is 1. The number of nitrogens with zero attached hydrogens (tertiary/aromatic N) is 1. The first-order chi connectivity index (χ1) is 8.56. The molecule has 0 aromatic carbocycles. The molecule has 1 heterocycles. The van der Waals surface area contributed by atoms with E-state index < -0.39 is 0 Å². The Morgan fingerprint density at radius 1 is 1.42 bits per heavy atom. The van der Waals surface area contributed by atoms with Gasteiger partial charge in [-0.1, -0.05) is 12.8 Å². The largest absolute Gasteiger partial charge is 0.351 e. The summed E-state index contributed by atoms with van der Waals surface area (Å²) in [5.74, 6) is 0.466. The maximum absolute atomic E-state index is 11.9. The van der Waals surface area contributed by atoms with E-state index in [1.165, 1.54) is 12.8 Å². The second-order valence-electron chi connectivity index (χ2n) is 5.66. The molecule has 3 N–H and O–H groups in total. The first kappa shape index (κ1) is 16.2. The number of amides is 2. The van der Waals surface area contributed by atoms with Crippen molar-refractivity contribution >= 4 is 24.2 Å². The molecule has 1 aliphatic heterocycles. The van der Waals surface area contributed by atoms with Crippen LogP contribution in [-0.4, -0.2) is 42.4 Å². The molecule has 3 unspecified atom stereocenters. The highest BCUT2D eigenvalue weighted by Gasteiger charge is 2.29. The quantitative estimate of drug-likeness (QED) is 0.801. The van der Waals surface area contributed by atoms with Crippen LogP contribution in [0.3, 0.4) is 0 Å². The maximum Gasteiger partial charge on any atom is 0.224 e. The van der Waals surface area contributed by atoms with Gasteiger partial charge in [0.25, 0.3) is 0 Å². The van der Waals surface area contributed by atoms with Gasteiger partial charge in [-0.25, -0.2) is 0 Å². The van der Waals surface area contributed by atoms with Gasteiger partial charge >= 0.3 is 0 Å². The number of hydrogen-bond donors (Lipinski definition) is 2. The third kappa shape index (κ3) is 4.35. The number of hydrogen-bond acceptors (Lipinski definition) is 3. The van der Waals surface area contributed by atoms with Crippen LogP contribution in [0.25, 0.3) is 0 Å². The molecule has 0 spiro atoms. The van der Waals surface area contributed by atoms with Gasteiger partial charge < -0.3 is 16.0 Å². The second kappa shape index (κ2) is 7.10. The van der Waals surface area contributed by atoms with Crippen molar-refractivity contribution in [3.8, 4) is 0 Å². The zero-order chi connectivity index (χ0) is 13.1. The summed E-state index contributed by atoms with van der Waals surface area (Å²) in [4.78, 5) is 25.0. The number of nitrogens with two attached hydrogens (primary N) is 1. The van der Waals surface area contributed by atoms with E-state index in [1.54, 1.807) is 11.9 Å². The Hall–Kier alpha value is -0.810. The molecule has 2 aliphatic rings. The van der Waals surface area contributed by atoms with E-state index in [1.807, 2.05) is 0 Å². The van der Waals surface area contributed by atoms with Crippen LogP contribution in [0.2, 0.25) is 0 Å². The van der Waals surface area contributed by atoms with Crippen molar-refractivity contribution in [1.29, 1.82) is 0 Å². The van der Waals surface area contributed by atoms with Crippen LogP contribution in [0.15, 0.2) is 0 Å². The number of likely N-dealkylation sites (N-methyl/N-ethyl adjacent to an activating group) is 1. The Labute approximate surface area is 120 Å². The van der Waals surface area contributed by atoms with E-state index in [0.717, 1.165) is 12.8 Å². The molecule has 6 heteroatoms. The third-order valence-electron chi connectivity index (χ3n) is 4.12. The van der Waals surface area contributed by atoms with Crippen LogP contribution in [0.5, 0.6) is 0 Å². The van der Waals surface area contributed by atoms with Crippen LogP contribution in [0.1, 0.15) is 38.5 Å². The normalized spacial score (nSPS) is 30.9. The van der Waals surface area contributed by atoms with Crippen LogP contribution in [-0.2, 0) is 9.59 Å². The van der Waals surface area contributed by atoms with Crippen molar-refractivity contribution in [2.24, 2.45) is 11.7 Å². The van der Waals surface area contributed by atoms with Crippen molar-refractivity contribution in [2.45, 2.75) is 50.6 Å². The summed E-state index contributed by atoms with van der Waals surface area (Å²) >= 11 is 0. The van der Waals surface area contributed by atoms with E-state index in [0.29, 0.717) is 25.3 Å². The number of carbonyl (C=O) groups excluding carboxylic acids is 2. The molecule has 1 saturated carbocycles. The van der Waals surface area contributed by atoms with Crippen molar-refractivity contribution in [1.82, 2.24) is 10.2 Å². The minimum atomic E-state index is -0.0187. The molecule has 0 radical (unpaired) electrons. The zero-order valence-corrected chi connectivity index (χ0v) is 12.2. The lowest BCUT2D eigenvalue weighted by Crippen LogP contribution is -2.41. The summed E-state index contributed by atoms with van der Waals surface area (Å²) in [6.45, 7) is 0.626. The number of rotatable bonds is 3. The summed E-state index contributed by atoms with van der Waals surface area (Å²) in [6, 6.07) is 0.146. The van der Waals surface area contributed by atoms with Gasteiger partial charge in [0.15, 0.2) is 0 Å². The van der Waals surface area contributed by atoms with E-state index in [-0.39, 0.29) is 36.3 Å². The highest BCUT2D eigenvalue weighted by molar-refractivity contribution is 5.85. The molecule has 0 aromatic heterocycles. The van der Waals surface area contributed by atoms with Gasteiger partial charge in [0, 0.05) is 32.5 Å².